The van der Waals surface area contributed by atoms with Crippen LogP contribution in [0.3, 0.4) is 0 Å². The first kappa shape index (κ1) is 16.2. The molecule has 20 heavy (non-hydrogen) atoms. The summed E-state index contributed by atoms with van der Waals surface area (Å²) in [6.07, 6.45) is 3.99. The highest BCUT2D eigenvalue weighted by atomic mass is 16.6. The van der Waals surface area contributed by atoms with Crippen molar-refractivity contribution in [2.75, 3.05) is 13.2 Å². The fourth-order valence-electron chi connectivity index (χ4n) is 1.66. The van der Waals surface area contributed by atoms with E-state index in [-0.39, 0.29) is 12.1 Å². The van der Waals surface area contributed by atoms with Gasteiger partial charge in [0.25, 0.3) is 0 Å². The van der Waals surface area contributed by atoms with E-state index in [1.807, 2.05) is 36.4 Å². The van der Waals surface area contributed by atoms with E-state index in [0.29, 0.717) is 12.2 Å². The molecule has 3 heteroatoms. The summed E-state index contributed by atoms with van der Waals surface area (Å²) < 4.78 is 10.2. The molecular weight excluding hydrogens is 252 g/mol. The van der Waals surface area contributed by atoms with Crippen LogP contribution in [-0.2, 0) is 14.3 Å². The van der Waals surface area contributed by atoms with Gasteiger partial charge in [0.2, 0.25) is 0 Å². The molecule has 3 nitrogen and oxygen atoms in total. The van der Waals surface area contributed by atoms with Crippen LogP contribution in [0.2, 0.25) is 0 Å². The summed E-state index contributed by atoms with van der Waals surface area (Å²) in [7, 11) is 0. The Bertz CT molecular complexity index is 431. The van der Waals surface area contributed by atoms with E-state index in [4.69, 9.17) is 9.47 Å². The van der Waals surface area contributed by atoms with Gasteiger partial charge < -0.3 is 9.47 Å². The minimum Gasteiger partial charge on any atom is -0.460 e. The zero-order valence-corrected chi connectivity index (χ0v) is 12.0. The summed E-state index contributed by atoms with van der Waals surface area (Å²) in [5.74, 6) is -0.328. The third-order valence-electron chi connectivity index (χ3n) is 2.81. The van der Waals surface area contributed by atoms with Crippen molar-refractivity contribution in [3.05, 3.63) is 54.6 Å². The van der Waals surface area contributed by atoms with Crippen LogP contribution in [0, 0.1) is 0 Å². The maximum absolute atomic E-state index is 10.9. The monoisotopic (exact) mass is 274 g/mol. The van der Waals surface area contributed by atoms with E-state index in [2.05, 4.69) is 13.2 Å². The van der Waals surface area contributed by atoms with E-state index in [0.717, 1.165) is 19.4 Å². The van der Waals surface area contributed by atoms with Crippen molar-refractivity contribution in [1.82, 2.24) is 0 Å². The third kappa shape index (κ3) is 6.34. The molecule has 1 aliphatic heterocycles. The smallest absolute Gasteiger partial charge is 0.333 e. The number of esters is 1. The molecule has 0 saturated carbocycles. The highest BCUT2D eigenvalue weighted by Crippen LogP contribution is 2.12. The van der Waals surface area contributed by atoms with E-state index in [1.165, 1.54) is 5.56 Å². The first-order valence-corrected chi connectivity index (χ1v) is 6.75. The summed E-state index contributed by atoms with van der Waals surface area (Å²) >= 11 is 0. The van der Waals surface area contributed by atoms with Crippen LogP contribution in [0.1, 0.15) is 25.3 Å². The number of carbonyl (C=O) groups excluding carboxylic acids is 1. The third-order valence-corrected chi connectivity index (χ3v) is 2.81. The maximum Gasteiger partial charge on any atom is 0.333 e. The van der Waals surface area contributed by atoms with Crippen LogP contribution < -0.4 is 0 Å². The largest absolute Gasteiger partial charge is 0.460 e. The molecule has 0 amide bonds. The average molecular weight is 274 g/mol. The minimum absolute atomic E-state index is 0.105. The summed E-state index contributed by atoms with van der Waals surface area (Å²) in [5.41, 5.74) is 1.61. The normalized spacial score (nSPS) is 16.8. The van der Waals surface area contributed by atoms with Gasteiger partial charge >= 0.3 is 5.97 Å². The van der Waals surface area contributed by atoms with E-state index in [9.17, 15) is 4.79 Å². The van der Waals surface area contributed by atoms with Crippen molar-refractivity contribution in [2.45, 2.75) is 25.9 Å². The Labute approximate surface area is 120 Å². The van der Waals surface area contributed by atoms with Crippen molar-refractivity contribution < 1.29 is 14.3 Å². The number of hydrogen-bond donors (Lipinski definition) is 0. The maximum atomic E-state index is 10.9. The van der Waals surface area contributed by atoms with E-state index < -0.39 is 0 Å². The molecule has 1 aromatic rings. The topological polar surface area (TPSA) is 35.5 Å². The molecule has 0 aliphatic carbocycles. The predicted molar refractivity (Wildman–Crippen MR) is 81.3 cm³/mol. The number of hydrogen-bond acceptors (Lipinski definition) is 3. The molecule has 1 atom stereocenters. The molecule has 0 spiro atoms. The zero-order chi connectivity index (χ0) is 14.8. The number of carbonyl (C=O) groups is 1. The van der Waals surface area contributed by atoms with Crippen molar-refractivity contribution >= 4 is 12.0 Å². The summed E-state index contributed by atoms with van der Waals surface area (Å²) in [5, 5.41) is 0. The molecule has 1 saturated heterocycles. The average Bonchev–Trinajstić information content (AvgIpc) is 2.99. The predicted octanol–water partition coefficient (Wildman–Crippen LogP) is 3.61. The summed E-state index contributed by atoms with van der Waals surface area (Å²) in [6, 6.07) is 10.0. The second-order valence-electron chi connectivity index (χ2n) is 4.63. The second kappa shape index (κ2) is 9.10. The Hall–Kier alpha value is -1.87. The van der Waals surface area contributed by atoms with Gasteiger partial charge in [-0.15, -0.1) is 0 Å². The minimum atomic E-state index is -0.328. The Morgan fingerprint density at radius 1 is 1.45 bits per heavy atom. The molecule has 1 fully saturated rings. The highest BCUT2D eigenvalue weighted by molar-refractivity contribution is 5.86. The highest BCUT2D eigenvalue weighted by Gasteiger charge is 2.17. The van der Waals surface area contributed by atoms with Gasteiger partial charge in [-0.05, 0) is 25.3 Å². The van der Waals surface area contributed by atoms with Crippen LogP contribution in [0.25, 0.3) is 6.08 Å². The quantitative estimate of drug-likeness (QED) is 0.621. The van der Waals surface area contributed by atoms with Gasteiger partial charge in [0.15, 0.2) is 0 Å². The van der Waals surface area contributed by atoms with Gasteiger partial charge in [0.1, 0.15) is 6.61 Å². The van der Waals surface area contributed by atoms with Crippen LogP contribution in [0.15, 0.2) is 49.1 Å². The van der Waals surface area contributed by atoms with Gasteiger partial charge in [-0.3, -0.25) is 0 Å². The molecule has 0 N–H and O–H groups in total. The fourth-order valence-corrected chi connectivity index (χ4v) is 1.66. The van der Waals surface area contributed by atoms with Gasteiger partial charge in [-0.1, -0.05) is 49.6 Å². The Morgan fingerprint density at radius 3 is 2.60 bits per heavy atom. The molecule has 1 heterocycles. The van der Waals surface area contributed by atoms with Gasteiger partial charge in [-0.25, -0.2) is 4.79 Å². The lowest BCUT2D eigenvalue weighted by atomic mass is 10.2. The summed E-state index contributed by atoms with van der Waals surface area (Å²) in [4.78, 5) is 10.9. The SMILES string of the molecule is C=C(C)C(=O)OCC1CCCO1.C=Cc1ccccc1. The molecule has 2 rings (SSSR count). The van der Waals surface area contributed by atoms with Crippen LogP contribution in [0.5, 0.6) is 0 Å². The molecule has 1 aliphatic rings. The first-order valence-electron chi connectivity index (χ1n) is 6.75. The van der Waals surface area contributed by atoms with Gasteiger partial charge in [0.05, 0.1) is 6.10 Å². The zero-order valence-electron chi connectivity index (χ0n) is 12.0. The molecular formula is C17H22O3. The number of ether oxygens (including phenoxy) is 2. The molecule has 0 aromatic heterocycles. The van der Waals surface area contributed by atoms with Crippen molar-refractivity contribution in [2.24, 2.45) is 0 Å². The molecule has 1 unspecified atom stereocenters. The Kier molecular flexibility index (Phi) is 7.36. The van der Waals surface area contributed by atoms with Crippen LogP contribution >= 0.6 is 0 Å². The molecule has 0 radical (unpaired) electrons. The van der Waals surface area contributed by atoms with Gasteiger partial charge in [0, 0.05) is 12.2 Å². The van der Waals surface area contributed by atoms with Crippen molar-refractivity contribution in [1.29, 1.82) is 0 Å². The van der Waals surface area contributed by atoms with Crippen LogP contribution in [-0.4, -0.2) is 25.3 Å². The Balaban J connectivity index is 0.000000217. The fraction of sp³-hybridized carbons (Fsp3) is 0.353. The first-order chi connectivity index (χ1) is 9.63. The lowest BCUT2D eigenvalue weighted by molar-refractivity contribution is -0.142. The van der Waals surface area contributed by atoms with Crippen molar-refractivity contribution in [3.8, 4) is 0 Å². The molecule has 1 aromatic carbocycles. The van der Waals surface area contributed by atoms with Crippen LogP contribution in [0.4, 0.5) is 0 Å². The molecule has 108 valence electrons. The van der Waals surface area contributed by atoms with E-state index >= 15 is 0 Å². The second-order valence-corrected chi connectivity index (χ2v) is 4.63. The standard InChI is InChI=1S/C9H14O3.C8H8/c1-7(2)9(10)12-6-8-4-3-5-11-8;1-2-8-6-4-3-5-7-8/h8H,1,3-6H2,2H3;2-7H,1H2. The number of rotatable bonds is 4. The number of benzene rings is 1. The lowest BCUT2D eigenvalue weighted by Crippen LogP contribution is -2.17. The summed E-state index contributed by atoms with van der Waals surface area (Å²) in [6.45, 7) is 9.91. The Morgan fingerprint density at radius 2 is 2.15 bits per heavy atom. The lowest BCUT2D eigenvalue weighted by Gasteiger charge is -2.09. The van der Waals surface area contributed by atoms with Gasteiger partial charge in [-0.2, -0.15) is 0 Å². The van der Waals surface area contributed by atoms with Crippen molar-refractivity contribution in [3.63, 3.8) is 0 Å². The molecule has 0 bridgehead atoms. The van der Waals surface area contributed by atoms with E-state index in [1.54, 1.807) is 6.92 Å².